The van der Waals surface area contributed by atoms with E-state index >= 15 is 0 Å². The minimum atomic E-state index is -1.91. The van der Waals surface area contributed by atoms with Gasteiger partial charge in [0.2, 0.25) is 0 Å². The Morgan fingerprint density at radius 3 is 1.28 bits per heavy atom. The summed E-state index contributed by atoms with van der Waals surface area (Å²) in [4.78, 5) is 31.5. The molecule has 0 aliphatic rings. The fraction of sp³-hybridized carbons (Fsp3) is 0. The zero-order valence-electron chi connectivity index (χ0n) is 10.2. The summed E-state index contributed by atoms with van der Waals surface area (Å²) in [6, 6.07) is 2.89. The first-order valence-electron chi connectivity index (χ1n) is 3.72. The van der Waals surface area contributed by atoms with Crippen LogP contribution in [0, 0.1) is 0 Å². The molecule has 0 N–H and O–H groups in total. The molecule has 0 aliphatic heterocycles. The maximum atomic E-state index is 10.6. The molecule has 0 radical (unpaired) electrons. The van der Waals surface area contributed by atoms with Crippen LogP contribution in [0.1, 0.15) is 31.1 Å². The van der Waals surface area contributed by atoms with Crippen LogP contribution < -0.4 is 71.9 Å². The number of aromatic carboxylic acids is 3. The smallest absolute Gasteiger partial charge is 0.545 e. The molecule has 0 fully saturated rings. The molecule has 0 aromatic heterocycles. The Balaban J connectivity index is -0.000000750. The second-order valence-corrected chi connectivity index (χ2v) is 2.59. The van der Waals surface area contributed by atoms with Gasteiger partial charge >= 0.3 is 56.6 Å². The van der Waals surface area contributed by atoms with Crippen LogP contribution in [-0.4, -0.2) is 17.9 Å². The Bertz CT molecular complexity index is 427. The minimum absolute atomic E-state index is 0. The van der Waals surface area contributed by atoms with Crippen LogP contribution in [0.25, 0.3) is 0 Å². The summed E-state index contributed by atoms with van der Waals surface area (Å²) in [5, 5.41) is 31.5. The van der Waals surface area contributed by atoms with Gasteiger partial charge in [-0.25, -0.2) is 0 Å². The first kappa shape index (κ1) is 22.6. The van der Waals surface area contributed by atoms with Crippen LogP contribution in [0.3, 0.4) is 0 Å². The van der Waals surface area contributed by atoms with Crippen LogP contribution in [-0.2, 0) is 0 Å². The maximum absolute atomic E-state index is 10.6. The van der Waals surface area contributed by atoms with Crippen molar-refractivity contribution >= 4 is 17.9 Å². The summed E-state index contributed by atoms with van der Waals surface area (Å²) < 4.78 is 0. The number of rotatable bonds is 3. The molecule has 1 rings (SSSR count). The van der Waals surface area contributed by atoms with Gasteiger partial charge in [-0.3, -0.25) is 0 Å². The topological polar surface area (TPSA) is 120 Å². The fourth-order valence-electron chi connectivity index (χ4n) is 1.11. The van der Waals surface area contributed by atoms with E-state index < -0.39 is 34.6 Å². The van der Waals surface area contributed by atoms with E-state index in [1.54, 1.807) is 0 Å². The van der Waals surface area contributed by atoms with Crippen molar-refractivity contribution < 1.29 is 86.3 Å². The van der Waals surface area contributed by atoms with Crippen LogP contribution >= 0.6 is 0 Å². The zero-order valence-corrected chi connectivity index (χ0v) is 10.2. The van der Waals surface area contributed by atoms with Crippen LogP contribution in [0.15, 0.2) is 18.2 Å². The molecule has 78 valence electrons. The number of carbonyl (C=O) groups excluding carboxylic acids is 3. The number of benzene rings is 1. The molecule has 0 spiro atoms. The van der Waals surface area contributed by atoms with Crippen molar-refractivity contribution in [2.24, 2.45) is 0 Å². The predicted molar refractivity (Wildman–Crippen MR) is 39.4 cm³/mol. The van der Waals surface area contributed by atoms with Crippen LogP contribution in [0.2, 0.25) is 0 Å². The van der Waals surface area contributed by atoms with E-state index in [0.717, 1.165) is 18.2 Å². The van der Waals surface area contributed by atoms with Crippen molar-refractivity contribution in [1.82, 2.24) is 0 Å². The Labute approximate surface area is 138 Å². The third kappa shape index (κ3) is 4.96. The monoisotopic (exact) mass is 228 g/mol. The number of carboxylic acid groups (broad SMARTS) is 3. The van der Waals surface area contributed by atoms with Crippen molar-refractivity contribution in [3.05, 3.63) is 34.9 Å². The average molecular weight is 228 g/mol. The molecule has 0 amide bonds. The van der Waals surface area contributed by atoms with E-state index in [1.165, 1.54) is 0 Å². The third-order valence-corrected chi connectivity index (χ3v) is 1.71. The number of hydrogen-bond donors (Lipinski definition) is 0. The van der Waals surface area contributed by atoms with E-state index in [2.05, 4.69) is 0 Å². The summed E-state index contributed by atoms with van der Waals surface area (Å²) in [5.41, 5.74) is -2.45. The van der Waals surface area contributed by atoms with Gasteiger partial charge in [0, 0.05) is 16.7 Å². The number of hydrogen-bond acceptors (Lipinski definition) is 6. The molecule has 0 heterocycles. The van der Waals surface area contributed by atoms with Gasteiger partial charge in [0.05, 0.1) is 17.9 Å². The molecule has 0 atom stereocenters. The van der Waals surface area contributed by atoms with Crippen LogP contribution in [0.4, 0.5) is 0 Å². The number of carboxylic acids is 3. The molecule has 6 nitrogen and oxygen atoms in total. The molecule has 9 heteroatoms. The molecule has 0 saturated heterocycles. The Kier molecular flexibility index (Phi) is 11.8. The quantitative estimate of drug-likeness (QED) is 0.473. The Morgan fingerprint density at radius 2 is 1.06 bits per heavy atom. The normalized spacial score (nSPS) is 8.00. The van der Waals surface area contributed by atoms with Gasteiger partial charge in [0.25, 0.3) is 0 Å². The Hall–Kier alpha value is -0.578. The summed E-state index contributed by atoms with van der Waals surface area (Å²) in [5.74, 6) is -5.50. The zero-order chi connectivity index (χ0) is 11.6. The van der Waals surface area contributed by atoms with Crippen molar-refractivity contribution in [1.29, 1.82) is 0 Å². The van der Waals surface area contributed by atoms with Gasteiger partial charge in [0.1, 0.15) is 0 Å². The second-order valence-electron chi connectivity index (χ2n) is 2.59. The predicted octanol–water partition coefficient (Wildman–Crippen LogP) is -12.2. The Morgan fingerprint density at radius 1 is 0.722 bits per heavy atom. The van der Waals surface area contributed by atoms with E-state index in [4.69, 9.17) is 0 Å². The van der Waals surface area contributed by atoms with Gasteiger partial charge in [-0.1, -0.05) is 18.2 Å². The van der Waals surface area contributed by atoms with E-state index in [-0.39, 0.29) is 56.6 Å². The van der Waals surface area contributed by atoms with Gasteiger partial charge in [0.15, 0.2) is 0 Å². The van der Waals surface area contributed by atoms with Crippen molar-refractivity contribution in [2.45, 2.75) is 0 Å². The third-order valence-electron chi connectivity index (χ3n) is 1.71. The van der Waals surface area contributed by atoms with E-state index in [9.17, 15) is 29.7 Å². The largest absolute Gasteiger partial charge is 1.00 e. The first-order chi connectivity index (χ1) is 6.95. The maximum Gasteiger partial charge on any atom is 1.00 e. The van der Waals surface area contributed by atoms with E-state index in [0.29, 0.717) is 0 Å². The van der Waals surface area contributed by atoms with Crippen molar-refractivity contribution in [2.75, 3.05) is 0 Å². The molecular weight excluding hydrogens is 225 g/mol. The molecule has 1 aromatic carbocycles. The molecule has 0 unspecified atom stereocenters. The van der Waals surface area contributed by atoms with Crippen molar-refractivity contribution in [3.63, 3.8) is 0 Å². The molecule has 0 saturated carbocycles. The molecular formula is C9H3Li3O6. The standard InChI is InChI=1S/C9H6O6.3Li/c10-7(11)4-2-1-3-5(8(12)13)6(4)9(14)15;;;/h1-3H,(H,10,11)(H,12,13)(H,14,15);;;/q;3*+1/p-3. The van der Waals surface area contributed by atoms with Gasteiger partial charge in [-0.2, -0.15) is 0 Å². The second kappa shape index (κ2) is 9.37. The average Bonchev–Trinajstić information content (AvgIpc) is 2.16. The van der Waals surface area contributed by atoms with Gasteiger partial charge < -0.3 is 29.7 Å². The van der Waals surface area contributed by atoms with Crippen LogP contribution in [0.5, 0.6) is 0 Å². The van der Waals surface area contributed by atoms with Crippen molar-refractivity contribution in [3.8, 4) is 0 Å². The van der Waals surface area contributed by atoms with Gasteiger partial charge in [-0.05, 0) is 0 Å². The SMILES string of the molecule is O=C([O-])c1cccc(C(=O)[O-])c1C(=O)[O-].[Li+].[Li+].[Li+]. The molecule has 0 aliphatic carbocycles. The summed E-state index contributed by atoms with van der Waals surface area (Å²) in [6.45, 7) is 0. The summed E-state index contributed by atoms with van der Waals surface area (Å²) in [6.07, 6.45) is 0. The molecule has 18 heavy (non-hydrogen) atoms. The minimum Gasteiger partial charge on any atom is -0.545 e. The van der Waals surface area contributed by atoms with Gasteiger partial charge in [-0.15, -0.1) is 0 Å². The molecule has 0 bridgehead atoms. The molecule has 1 aromatic rings. The fourth-order valence-corrected chi connectivity index (χ4v) is 1.11. The number of carbonyl (C=O) groups is 3. The van der Waals surface area contributed by atoms with E-state index in [1.807, 2.05) is 0 Å². The summed E-state index contributed by atoms with van der Waals surface area (Å²) in [7, 11) is 0. The first-order valence-corrected chi connectivity index (χ1v) is 3.72. The summed E-state index contributed by atoms with van der Waals surface area (Å²) >= 11 is 0.